The van der Waals surface area contributed by atoms with Crippen LogP contribution in [0, 0.1) is 0 Å². The lowest BCUT2D eigenvalue weighted by atomic mass is 10.3. The quantitative estimate of drug-likeness (QED) is 0.461. The van der Waals surface area contributed by atoms with Crippen LogP contribution in [0.15, 0.2) is 17.1 Å². The van der Waals surface area contributed by atoms with Gasteiger partial charge in [0, 0.05) is 20.1 Å². The summed E-state index contributed by atoms with van der Waals surface area (Å²) in [6.45, 7) is 3.99. The van der Waals surface area contributed by atoms with Crippen molar-refractivity contribution in [2.24, 2.45) is 4.99 Å². The summed E-state index contributed by atoms with van der Waals surface area (Å²) in [5.41, 5.74) is 0. The number of nitrogens with zero attached hydrogens (tertiary/aromatic N) is 2. The van der Waals surface area contributed by atoms with Gasteiger partial charge in [-0.05, 0) is 13.3 Å². The van der Waals surface area contributed by atoms with Gasteiger partial charge in [0.2, 0.25) is 0 Å². The number of aliphatic imine (C=N–C) groups is 1. The van der Waals surface area contributed by atoms with Gasteiger partial charge < -0.3 is 4.90 Å². The van der Waals surface area contributed by atoms with E-state index in [0.717, 1.165) is 25.3 Å². The number of likely N-dealkylation sites (N-methyl/N-ethyl adjacent to an activating group) is 1. The fourth-order valence-electron chi connectivity index (χ4n) is 0.904. The average molecular weight is 138 g/mol. The van der Waals surface area contributed by atoms with E-state index in [4.69, 9.17) is 0 Å². The van der Waals surface area contributed by atoms with Gasteiger partial charge in [0.1, 0.15) is 0 Å². The van der Waals surface area contributed by atoms with Gasteiger partial charge in [-0.1, -0.05) is 12.2 Å². The summed E-state index contributed by atoms with van der Waals surface area (Å²) in [5.74, 6) is 1.14. The van der Waals surface area contributed by atoms with E-state index in [-0.39, 0.29) is 0 Å². The molecule has 1 aliphatic heterocycles. The van der Waals surface area contributed by atoms with Crippen LogP contribution >= 0.6 is 0 Å². The Labute approximate surface area is 62.3 Å². The van der Waals surface area contributed by atoms with Gasteiger partial charge in [-0.2, -0.15) is 0 Å². The van der Waals surface area contributed by atoms with E-state index >= 15 is 0 Å². The Bertz CT molecular complexity index is 159. The minimum Gasteiger partial charge on any atom is -0.360 e. The molecule has 0 N–H and O–H groups in total. The Morgan fingerprint density at radius 2 is 2.30 bits per heavy atom. The number of hydrogen-bond donors (Lipinski definition) is 0. The molecule has 0 bridgehead atoms. The Morgan fingerprint density at radius 3 is 3.10 bits per heavy atom. The lowest BCUT2D eigenvalue weighted by molar-refractivity contribution is 0.552. The van der Waals surface area contributed by atoms with Crippen molar-refractivity contribution in [3.8, 4) is 0 Å². The summed E-state index contributed by atoms with van der Waals surface area (Å²) in [6, 6.07) is 0. The van der Waals surface area contributed by atoms with Crippen molar-refractivity contribution < 1.29 is 0 Å². The molecule has 56 valence electrons. The molecule has 0 atom stereocenters. The Balaban J connectivity index is 2.56. The SMILES string of the molecule is CC1=NCC/C=C\CN1C. The van der Waals surface area contributed by atoms with E-state index < -0.39 is 0 Å². The molecule has 1 rings (SSSR count). The predicted molar refractivity (Wildman–Crippen MR) is 44.4 cm³/mol. The standard InChI is InChI=1S/C8H14N2/c1-8-9-6-4-3-5-7-10(8)2/h3,5H,4,6-7H2,1-2H3/b5-3-,9-8?. The Kier molecular flexibility index (Phi) is 2.49. The maximum Gasteiger partial charge on any atom is 0.0957 e. The molecule has 0 aromatic heterocycles. The molecular weight excluding hydrogens is 124 g/mol. The first-order valence-corrected chi connectivity index (χ1v) is 3.68. The molecule has 0 saturated carbocycles. The van der Waals surface area contributed by atoms with Crippen molar-refractivity contribution in [2.45, 2.75) is 13.3 Å². The molecule has 1 heterocycles. The summed E-state index contributed by atoms with van der Waals surface area (Å²) < 4.78 is 0. The third-order valence-corrected chi connectivity index (χ3v) is 1.73. The average Bonchev–Trinajstić information content (AvgIpc) is 1.92. The minimum absolute atomic E-state index is 0.937. The van der Waals surface area contributed by atoms with Gasteiger partial charge in [0.15, 0.2) is 0 Å². The number of rotatable bonds is 0. The Morgan fingerprint density at radius 1 is 1.50 bits per heavy atom. The molecule has 0 aromatic carbocycles. The Hall–Kier alpha value is -0.790. The van der Waals surface area contributed by atoms with Crippen LogP contribution in [0.5, 0.6) is 0 Å². The lowest BCUT2D eigenvalue weighted by Gasteiger charge is -2.17. The molecular formula is C8H14N2. The smallest absolute Gasteiger partial charge is 0.0957 e. The predicted octanol–water partition coefficient (Wildman–Crippen LogP) is 1.30. The fraction of sp³-hybridized carbons (Fsp3) is 0.625. The second kappa shape index (κ2) is 3.40. The van der Waals surface area contributed by atoms with Crippen LogP contribution in [0.2, 0.25) is 0 Å². The highest BCUT2D eigenvalue weighted by Gasteiger charge is 1.98. The third kappa shape index (κ3) is 1.87. The van der Waals surface area contributed by atoms with Gasteiger partial charge >= 0.3 is 0 Å². The number of amidine groups is 1. The van der Waals surface area contributed by atoms with E-state index in [0.29, 0.717) is 0 Å². The maximum atomic E-state index is 4.36. The van der Waals surface area contributed by atoms with Crippen molar-refractivity contribution in [1.29, 1.82) is 0 Å². The molecule has 0 aromatic rings. The zero-order valence-electron chi connectivity index (χ0n) is 6.67. The normalized spacial score (nSPS) is 23.0. The second-order valence-electron chi connectivity index (χ2n) is 2.57. The zero-order valence-corrected chi connectivity index (χ0v) is 6.67. The van der Waals surface area contributed by atoms with Crippen LogP contribution in [-0.2, 0) is 0 Å². The second-order valence-corrected chi connectivity index (χ2v) is 2.57. The molecule has 0 spiro atoms. The van der Waals surface area contributed by atoms with Crippen molar-refractivity contribution in [1.82, 2.24) is 4.90 Å². The molecule has 0 unspecified atom stereocenters. The van der Waals surface area contributed by atoms with E-state index in [1.165, 1.54) is 0 Å². The van der Waals surface area contributed by atoms with Gasteiger partial charge in [-0.15, -0.1) is 0 Å². The summed E-state index contributed by atoms with van der Waals surface area (Å²) in [4.78, 5) is 6.50. The van der Waals surface area contributed by atoms with Crippen LogP contribution in [-0.4, -0.2) is 30.9 Å². The lowest BCUT2D eigenvalue weighted by Crippen LogP contribution is -2.25. The molecule has 0 radical (unpaired) electrons. The molecule has 2 nitrogen and oxygen atoms in total. The van der Waals surface area contributed by atoms with E-state index in [2.05, 4.69) is 36.0 Å². The van der Waals surface area contributed by atoms with Gasteiger partial charge in [0.05, 0.1) is 5.84 Å². The van der Waals surface area contributed by atoms with Crippen LogP contribution in [0.1, 0.15) is 13.3 Å². The van der Waals surface area contributed by atoms with Crippen molar-refractivity contribution >= 4 is 5.84 Å². The van der Waals surface area contributed by atoms with Crippen molar-refractivity contribution in [3.63, 3.8) is 0 Å². The third-order valence-electron chi connectivity index (χ3n) is 1.73. The summed E-state index contributed by atoms with van der Waals surface area (Å²) in [7, 11) is 2.06. The highest BCUT2D eigenvalue weighted by Crippen LogP contribution is 1.95. The van der Waals surface area contributed by atoms with Gasteiger partial charge in [-0.25, -0.2) is 0 Å². The van der Waals surface area contributed by atoms with Crippen LogP contribution < -0.4 is 0 Å². The highest BCUT2D eigenvalue weighted by molar-refractivity contribution is 5.79. The van der Waals surface area contributed by atoms with Crippen LogP contribution in [0.3, 0.4) is 0 Å². The van der Waals surface area contributed by atoms with Crippen LogP contribution in [0.25, 0.3) is 0 Å². The van der Waals surface area contributed by atoms with Crippen LogP contribution in [0.4, 0.5) is 0 Å². The van der Waals surface area contributed by atoms with E-state index in [1.807, 2.05) is 0 Å². The maximum absolute atomic E-state index is 4.36. The van der Waals surface area contributed by atoms with Crippen molar-refractivity contribution in [2.75, 3.05) is 20.1 Å². The first-order valence-electron chi connectivity index (χ1n) is 3.68. The summed E-state index contributed by atoms with van der Waals surface area (Å²) >= 11 is 0. The van der Waals surface area contributed by atoms with Gasteiger partial charge in [-0.3, -0.25) is 4.99 Å². The van der Waals surface area contributed by atoms with E-state index in [9.17, 15) is 0 Å². The minimum atomic E-state index is 0.937. The molecule has 10 heavy (non-hydrogen) atoms. The fourth-order valence-corrected chi connectivity index (χ4v) is 0.904. The topological polar surface area (TPSA) is 15.6 Å². The molecule has 0 fully saturated rings. The molecule has 0 aliphatic carbocycles. The zero-order chi connectivity index (χ0) is 7.40. The number of hydrogen-bond acceptors (Lipinski definition) is 2. The summed E-state index contributed by atoms with van der Waals surface area (Å²) in [5, 5.41) is 0. The largest absolute Gasteiger partial charge is 0.360 e. The molecule has 2 heteroatoms. The van der Waals surface area contributed by atoms with E-state index in [1.54, 1.807) is 0 Å². The first-order chi connectivity index (χ1) is 4.80. The highest BCUT2D eigenvalue weighted by atomic mass is 15.1. The molecule has 1 aliphatic rings. The van der Waals surface area contributed by atoms with Gasteiger partial charge in [0.25, 0.3) is 0 Å². The molecule has 0 amide bonds. The summed E-state index contributed by atoms with van der Waals surface area (Å²) in [6.07, 6.45) is 5.47. The monoisotopic (exact) mass is 138 g/mol. The van der Waals surface area contributed by atoms with Crippen molar-refractivity contribution in [3.05, 3.63) is 12.2 Å². The molecule has 0 saturated heterocycles. The first kappa shape index (κ1) is 7.32.